The van der Waals surface area contributed by atoms with Gasteiger partial charge >= 0.3 is 0 Å². The van der Waals surface area contributed by atoms with Crippen molar-refractivity contribution in [1.82, 2.24) is 15.1 Å². The van der Waals surface area contributed by atoms with Gasteiger partial charge in [0.25, 0.3) is 0 Å². The van der Waals surface area contributed by atoms with Crippen LogP contribution in [0, 0.1) is 20.8 Å². The minimum Gasteiger partial charge on any atom is -0.380 e. The van der Waals surface area contributed by atoms with E-state index in [1.54, 1.807) is 0 Å². The standard InChI is InChI=1S/C13H23N3O/c1-10-11(2)15-16(12(10)3)7-6-14-13-5-4-8-17-9-13/h13-14H,4-9H2,1-3H3/t13-/m0/s1. The van der Waals surface area contributed by atoms with Crippen LogP contribution in [0.4, 0.5) is 0 Å². The predicted octanol–water partition coefficient (Wildman–Crippen LogP) is 1.58. The maximum Gasteiger partial charge on any atom is 0.0625 e. The fraction of sp³-hybridized carbons (Fsp3) is 0.769. The first-order valence-electron chi connectivity index (χ1n) is 6.50. The molecule has 1 aliphatic heterocycles. The fourth-order valence-corrected chi connectivity index (χ4v) is 2.28. The van der Waals surface area contributed by atoms with Gasteiger partial charge in [0.15, 0.2) is 0 Å². The molecule has 1 fully saturated rings. The lowest BCUT2D eigenvalue weighted by Crippen LogP contribution is -2.38. The number of hydrogen-bond donors (Lipinski definition) is 1. The summed E-state index contributed by atoms with van der Waals surface area (Å²) in [6.45, 7) is 10.0. The summed E-state index contributed by atoms with van der Waals surface area (Å²) in [5.74, 6) is 0. The molecular formula is C13H23N3O. The third-order valence-electron chi connectivity index (χ3n) is 3.66. The molecule has 1 aromatic heterocycles. The van der Waals surface area contributed by atoms with Gasteiger partial charge in [-0.05, 0) is 39.2 Å². The molecule has 96 valence electrons. The molecule has 1 aromatic rings. The average molecular weight is 237 g/mol. The molecule has 0 saturated carbocycles. The van der Waals surface area contributed by atoms with Crippen molar-refractivity contribution in [2.75, 3.05) is 19.8 Å². The van der Waals surface area contributed by atoms with Gasteiger partial charge in [-0.2, -0.15) is 5.10 Å². The van der Waals surface area contributed by atoms with Gasteiger partial charge in [0, 0.05) is 24.9 Å². The Morgan fingerprint density at radius 1 is 1.41 bits per heavy atom. The molecule has 0 unspecified atom stereocenters. The molecule has 2 heterocycles. The molecule has 2 rings (SSSR count). The lowest BCUT2D eigenvalue weighted by Gasteiger charge is -2.23. The van der Waals surface area contributed by atoms with E-state index in [2.05, 4.69) is 35.9 Å². The lowest BCUT2D eigenvalue weighted by atomic mass is 10.1. The van der Waals surface area contributed by atoms with Crippen molar-refractivity contribution in [2.24, 2.45) is 0 Å². The summed E-state index contributed by atoms with van der Waals surface area (Å²) in [5.41, 5.74) is 3.73. The fourth-order valence-electron chi connectivity index (χ4n) is 2.28. The molecule has 0 bridgehead atoms. The Kier molecular flexibility index (Phi) is 4.18. The molecule has 4 heteroatoms. The molecule has 0 radical (unpaired) electrons. The van der Waals surface area contributed by atoms with E-state index in [1.807, 2.05) is 0 Å². The van der Waals surface area contributed by atoms with E-state index in [-0.39, 0.29) is 0 Å². The van der Waals surface area contributed by atoms with Gasteiger partial charge in [-0.1, -0.05) is 0 Å². The summed E-state index contributed by atoms with van der Waals surface area (Å²) in [6, 6.07) is 0.529. The number of aromatic nitrogens is 2. The Morgan fingerprint density at radius 3 is 2.82 bits per heavy atom. The van der Waals surface area contributed by atoms with E-state index in [0.717, 1.165) is 32.0 Å². The van der Waals surface area contributed by atoms with Crippen molar-refractivity contribution < 1.29 is 4.74 Å². The Morgan fingerprint density at radius 2 is 2.24 bits per heavy atom. The summed E-state index contributed by atoms with van der Waals surface area (Å²) < 4.78 is 7.55. The van der Waals surface area contributed by atoms with Crippen LogP contribution >= 0.6 is 0 Å². The highest BCUT2D eigenvalue weighted by Gasteiger charge is 2.13. The van der Waals surface area contributed by atoms with Gasteiger partial charge in [0.1, 0.15) is 0 Å². The summed E-state index contributed by atoms with van der Waals surface area (Å²) in [7, 11) is 0. The normalized spacial score (nSPS) is 20.8. The van der Waals surface area contributed by atoms with Crippen molar-refractivity contribution in [3.8, 4) is 0 Å². The van der Waals surface area contributed by atoms with Gasteiger partial charge in [0.2, 0.25) is 0 Å². The number of hydrogen-bond acceptors (Lipinski definition) is 3. The second-order valence-corrected chi connectivity index (χ2v) is 4.89. The monoisotopic (exact) mass is 237 g/mol. The number of ether oxygens (including phenoxy) is 1. The first kappa shape index (κ1) is 12.6. The second kappa shape index (κ2) is 5.65. The van der Waals surface area contributed by atoms with E-state index in [9.17, 15) is 0 Å². The highest BCUT2D eigenvalue weighted by Crippen LogP contribution is 2.10. The van der Waals surface area contributed by atoms with Crippen LogP contribution in [-0.4, -0.2) is 35.6 Å². The van der Waals surface area contributed by atoms with Crippen LogP contribution < -0.4 is 5.32 Å². The van der Waals surface area contributed by atoms with E-state index < -0.39 is 0 Å². The maximum absolute atomic E-state index is 5.45. The van der Waals surface area contributed by atoms with Crippen LogP contribution in [0.1, 0.15) is 29.8 Å². The molecule has 0 spiro atoms. The number of aryl methyl sites for hydroxylation is 1. The zero-order chi connectivity index (χ0) is 12.3. The SMILES string of the molecule is Cc1nn(CCN[C@H]2CCCOC2)c(C)c1C. The van der Waals surface area contributed by atoms with Crippen LogP contribution in [0.25, 0.3) is 0 Å². The summed E-state index contributed by atoms with van der Waals surface area (Å²) in [4.78, 5) is 0. The average Bonchev–Trinajstić information content (AvgIpc) is 2.59. The van der Waals surface area contributed by atoms with Crippen LogP contribution in [-0.2, 0) is 11.3 Å². The molecule has 0 amide bonds. The minimum atomic E-state index is 0.529. The first-order valence-corrected chi connectivity index (χ1v) is 6.50. The smallest absolute Gasteiger partial charge is 0.0625 e. The van der Waals surface area contributed by atoms with Crippen LogP contribution in [0.5, 0.6) is 0 Å². The third-order valence-corrected chi connectivity index (χ3v) is 3.66. The molecule has 1 atom stereocenters. The molecule has 4 nitrogen and oxygen atoms in total. The van der Waals surface area contributed by atoms with Crippen molar-refractivity contribution >= 4 is 0 Å². The van der Waals surface area contributed by atoms with Crippen LogP contribution in [0.3, 0.4) is 0 Å². The lowest BCUT2D eigenvalue weighted by molar-refractivity contribution is 0.0702. The highest BCUT2D eigenvalue weighted by molar-refractivity contribution is 5.22. The zero-order valence-electron chi connectivity index (χ0n) is 11.1. The van der Waals surface area contributed by atoms with Crippen molar-refractivity contribution in [1.29, 1.82) is 0 Å². The third kappa shape index (κ3) is 3.07. The molecule has 0 aromatic carbocycles. The molecule has 0 aliphatic carbocycles. The topological polar surface area (TPSA) is 39.1 Å². The summed E-state index contributed by atoms with van der Waals surface area (Å²) in [6.07, 6.45) is 2.41. The second-order valence-electron chi connectivity index (χ2n) is 4.89. The molecule has 1 saturated heterocycles. The van der Waals surface area contributed by atoms with Crippen molar-refractivity contribution in [3.05, 3.63) is 17.0 Å². The van der Waals surface area contributed by atoms with E-state index in [0.29, 0.717) is 6.04 Å². The Bertz CT molecular complexity index is 367. The molecule has 1 aliphatic rings. The summed E-state index contributed by atoms with van der Waals surface area (Å²) in [5, 5.41) is 8.08. The number of nitrogens with one attached hydrogen (secondary N) is 1. The number of rotatable bonds is 4. The van der Waals surface area contributed by atoms with Crippen molar-refractivity contribution in [3.63, 3.8) is 0 Å². The Labute approximate surface area is 103 Å². The number of nitrogens with zero attached hydrogens (tertiary/aromatic N) is 2. The van der Waals surface area contributed by atoms with Gasteiger partial charge in [-0.15, -0.1) is 0 Å². The van der Waals surface area contributed by atoms with Gasteiger partial charge in [-0.3, -0.25) is 4.68 Å². The van der Waals surface area contributed by atoms with Gasteiger partial charge in [-0.25, -0.2) is 0 Å². The Balaban J connectivity index is 1.79. The highest BCUT2D eigenvalue weighted by atomic mass is 16.5. The van der Waals surface area contributed by atoms with Crippen molar-refractivity contribution in [2.45, 2.75) is 46.2 Å². The quantitative estimate of drug-likeness (QED) is 0.864. The summed E-state index contributed by atoms with van der Waals surface area (Å²) >= 11 is 0. The van der Waals surface area contributed by atoms with E-state index in [4.69, 9.17) is 4.74 Å². The molecular weight excluding hydrogens is 214 g/mol. The zero-order valence-corrected chi connectivity index (χ0v) is 11.1. The Hall–Kier alpha value is -0.870. The largest absolute Gasteiger partial charge is 0.380 e. The molecule has 1 N–H and O–H groups in total. The minimum absolute atomic E-state index is 0.529. The van der Waals surface area contributed by atoms with Gasteiger partial charge in [0.05, 0.1) is 18.8 Å². The van der Waals surface area contributed by atoms with E-state index >= 15 is 0 Å². The van der Waals surface area contributed by atoms with E-state index in [1.165, 1.54) is 24.1 Å². The molecule has 17 heavy (non-hydrogen) atoms. The van der Waals surface area contributed by atoms with Crippen LogP contribution in [0.2, 0.25) is 0 Å². The van der Waals surface area contributed by atoms with Gasteiger partial charge < -0.3 is 10.1 Å². The first-order chi connectivity index (χ1) is 8.18. The maximum atomic E-state index is 5.45. The van der Waals surface area contributed by atoms with Crippen LogP contribution in [0.15, 0.2) is 0 Å². The predicted molar refractivity (Wildman–Crippen MR) is 68.3 cm³/mol.